The van der Waals surface area contributed by atoms with Gasteiger partial charge in [0.1, 0.15) is 6.10 Å². The van der Waals surface area contributed by atoms with Gasteiger partial charge in [-0.15, -0.1) is 0 Å². The molecule has 3 nitrogen and oxygen atoms in total. The molecule has 0 aromatic heterocycles. The summed E-state index contributed by atoms with van der Waals surface area (Å²) in [7, 11) is 0. The Labute approximate surface area is 143 Å². The monoisotopic (exact) mass is 324 g/mol. The molecule has 1 fully saturated rings. The van der Waals surface area contributed by atoms with Crippen molar-refractivity contribution in [1.82, 2.24) is 0 Å². The molecule has 0 aliphatic heterocycles. The predicted molar refractivity (Wildman–Crippen MR) is 93.9 cm³/mol. The minimum Gasteiger partial charge on any atom is -0.458 e. The van der Waals surface area contributed by atoms with E-state index in [9.17, 15) is 9.90 Å². The van der Waals surface area contributed by atoms with Crippen LogP contribution in [0.25, 0.3) is 0 Å². The number of carbonyl (C=O) groups is 1. The Morgan fingerprint density at radius 1 is 1.08 bits per heavy atom. The molecule has 0 amide bonds. The third-order valence-electron chi connectivity index (χ3n) is 5.20. The minimum absolute atomic E-state index is 0.316. The minimum atomic E-state index is -0.589. The molecule has 3 atom stereocenters. The van der Waals surface area contributed by atoms with Crippen molar-refractivity contribution in [2.24, 2.45) is 0 Å². The molecule has 0 saturated heterocycles. The van der Waals surface area contributed by atoms with E-state index < -0.39 is 11.5 Å². The summed E-state index contributed by atoms with van der Waals surface area (Å²) < 4.78 is 5.91. The van der Waals surface area contributed by atoms with Gasteiger partial charge in [-0.25, -0.2) is 4.79 Å². The summed E-state index contributed by atoms with van der Waals surface area (Å²) in [6.45, 7) is 1.81. The summed E-state index contributed by atoms with van der Waals surface area (Å²) in [6.07, 6.45) is 2.72. The Kier molecular flexibility index (Phi) is 5.00. The molecule has 3 rings (SSSR count). The molecule has 2 aromatic carbocycles. The first-order valence-corrected chi connectivity index (χ1v) is 8.64. The number of esters is 1. The second-order valence-corrected chi connectivity index (χ2v) is 6.59. The maximum atomic E-state index is 12.6. The van der Waals surface area contributed by atoms with Crippen molar-refractivity contribution >= 4 is 5.97 Å². The molecule has 24 heavy (non-hydrogen) atoms. The Bertz CT molecular complexity index is 666. The van der Waals surface area contributed by atoms with E-state index in [0.717, 1.165) is 31.2 Å². The SMILES string of the molecule is C[C@H](O)[C@]1(c2ccccc2)CCCC[C@@H]1OC(=O)c1ccccc1. The summed E-state index contributed by atoms with van der Waals surface area (Å²) in [4.78, 5) is 12.6. The van der Waals surface area contributed by atoms with Crippen LogP contribution in [0.3, 0.4) is 0 Å². The van der Waals surface area contributed by atoms with Crippen molar-refractivity contribution in [3.05, 3.63) is 71.8 Å². The van der Waals surface area contributed by atoms with E-state index in [1.807, 2.05) is 55.5 Å². The lowest BCUT2D eigenvalue weighted by Gasteiger charge is -2.46. The molecule has 0 unspecified atom stereocenters. The van der Waals surface area contributed by atoms with Crippen LogP contribution in [0.15, 0.2) is 60.7 Å². The van der Waals surface area contributed by atoms with Crippen LogP contribution in [-0.4, -0.2) is 23.3 Å². The largest absolute Gasteiger partial charge is 0.458 e. The summed E-state index contributed by atoms with van der Waals surface area (Å²) in [5.74, 6) is -0.316. The van der Waals surface area contributed by atoms with Gasteiger partial charge in [0.05, 0.1) is 17.1 Å². The van der Waals surface area contributed by atoms with Gasteiger partial charge < -0.3 is 9.84 Å². The van der Waals surface area contributed by atoms with Gasteiger partial charge >= 0.3 is 5.97 Å². The van der Waals surface area contributed by atoms with Crippen LogP contribution in [0.4, 0.5) is 0 Å². The van der Waals surface area contributed by atoms with Crippen LogP contribution in [0.1, 0.15) is 48.5 Å². The lowest BCUT2D eigenvalue weighted by atomic mass is 9.64. The topological polar surface area (TPSA) is 46.5 Å². The second kappa shape index (κ2) is 7.18. The highest BCUT2D eigenvalue weighted by molar-refractivity contribution is 5.89. The predicted octanol–water partition coefficient (Wildman–Crippen LogP) is 4.10. The summed E-state index contributed by atoms with van der Waals surface area (Å²) >= 11 is 0. The average Bonchev–Trinajstić information content (AvgIpc) is 2.63. The number of ether oxygens (including phenoxy) is 1. The van der Waals surface area contributed by atoms with Crippen LogP contribution in [-0.2, 0) is 10.2 Å². The first-order valence-electron chi connectivity index (χ1n) is 8.64. The number of aliphatic hydroxyl groups is 1. The molecule has 0 heterocycles. The third-order valence-corrected chi connectivity index (χ3v) is 5.20. The van der Waals surface area contributed by atoms with Gasteiger partial charge in [0, 0.05) is 0 Å². The summed E-state index contributed by atoms with van der Waals surface area (Å²) in [5.41, 5.74) is 1.06. The van der Waals surface area contributed by atoms with Crippen LogP contribution >= 0.6 is 0 Å². The lowest BCUT2D eigenvalue weighted by molar-refractivity contribution is -0.0523. The Balaban J connectivity index is 1.93. The molecule has 0 radical (unpaired) electrons. The van der Waals surface area contributed by atoms with Crippen molar-refractivity contribution < 1.29 is 14.6 Å². The van der Waals surface area contributed by atoms with Gasteiger partial charge in [-0.2, -0.15) is 0 Å². The normalized spacial score (nSPS) is 25.0. The number of aliphatic hydroxyl groups excluding tert-OH is 1. The number of carbonyl (C=O) groups excluding carboxylic acids is 1. The number of benzene rings is 2. The average molecular weight is 324 g/mol. The highest BCUT2D eigenvalue weighted by Gasteiger charge is 2.48. The maximum Gasteiger partial charge on any atom is 0.338 e. The van der Waals surface area contributed by atoms with Crippen molar-refractivity contribution in [2.45, 2.75) is 50.2 Å². The van der Waals surface area contributed by atoms with Crippen LogP contribution in [0, 0.1) is 0 Å². The molecule has 1 aliphatic carbocycles. The standard InChI is InChI=1S/C21H24O3/c1-16(22)21(18-12-6-3-7-13-18)15-9-8-14-19(21)24-20(23)17-10-4-2-5-11-17/h2-7,10-13,16,19,22H,8-9,14-15H2,1H3/t16-,19-,21-/m0/s1. The van der Waals surface area contributed by atoms with Crippen LogP contribution in [0.5, 0.6) is 0 Å². The van der Waals surface area contributed by atoms with E-state index in [-0.39, 0.29) is 12.1 Å². The van der Waals surface area contributed by atoms with Crippen molar-refractivity contribution in [2.75, 3.05) is 0 Å². The van der Waals surface area contributed by atoms with E-state index in [1.165, 1.54) is 0 Å². The Hall–Kier alpha value is -2.13. The van der Waals surface area contributed by atoms with Crippen LogP contribution < -0.4 is 0 Å². The van der Waals surface area contributed by atoms with E-state index in [0.29, 0.717) is 5.56 Å². The van der Waals surface area contributed by atoms with E-state index in [1.54, 1.807) is 12.1 Å². The molecule has 0 spiro atoms. The fraction of sp³-hybridized carbons (Fsp3) is 0.381. The Morgan fingerprint density at radius 3 is 2.33 bits per heavy atom. The zero-order valence-electron chi connectivity index (χ0n) is 14.0. The molecule has 3 heteroatoms. The quantitative estimate of drug-likeness (QED) is 0.861. The highest BCUT2D eigenvalue weighted by atomic mass is 16.5. The third kappa shape index (κ3) is 3.09. The van der Waals surface area contributed by atoms with Crippen molar-refractivity contribution in [1.29, 1.82) is 0 Å². The van der Waals surface area contributed by atoms with Crippen LogP contribution in [0.2, 0.25) is 0 Å². The fourth-order valence-corrected chi connectivity index (χ4v) is 3.90. The molecule has 126 valence electrons. The Morgan fingerprint density at radius 2 is 1.71 bits per heavy atom. The van der Waals surface area contributed by atoms with Gasteiger partial charge in [-0.05, 0) is 43.9 Å². The lowest BCUT2D eigenvalue weighted by Crippen LogP contribution is -2.52. The van der Waals surface area contributed by atoms with E-state index >= 15 is 0 Å². The molecule has 1 saturated carbocycles. The molecule has 1 N–H and O–H groups in total. The number of rotatable bonds is 4. The number of hydrogen-bond donors (Lipinski definition) is 1. The van der Waals surface area contributed by atoms with Gasteiger partial charge in [-0.1, -0.05) is 55.0 Å². The second-order valence-electron chi connectivity index (χ2n) is 6.59. The molecule has 2 aromatic rings. The smallest absolute Gasteiger partial charge is 0.338 e. The first-order chi connectivity index (χ1) is 11.6. The zero-order chi connectivity index (χ0) is 17.0. The molecular weight excluding hydrogens is 300 g/mol. The van der Waals surface area contributed by atoms with Gasteiger partial charge in [0.15, 0.2) is 0 Å². The van der Waals surface area contributed by atoms with Gasteiger partial charge in [0.25, 0.3) is 0 Å². The van der Waals surface area contributed by atoms with Crippen molar-refractivity contribution in [3.63, 3.8) is 0 Å². The van der Waals surface area contributed by atoms with Gasteiger partial charge in [-0.3, -0.25) is 0 Å². The van der Waals surface area contributed by atoms with Gasteiger partial charge in [0.2, 0.25) is 0 Å². The molecular formula is C21H24O3. The fourth-order valence-electron chi connectivity index (χ4n) is 3.90. The number of hydrogen-bond acceptors (Lipinski definition) is 3. The first kappa shape index (κ1) is 16.7. The zero-order valence-corrected chi connectivity index (χ0v) is 14.0. The summed E-state index contributed by atoms with van der Waals surface area (Å²) in [5, 5.41) is 10.6. The summed E-state index contributed by atoms with van der Waals surface area (Å²) in [6, 6.07) is 19.0. The van der Waals surface area contributed by atoms with E-state index in [4.69, 9.17) is 4.74 Å². The highest BCUT2D eigenvalue weighted by Crippen LogP contribution is 2.44. The maximum absolute atomic E-state index is 12.6. The molecule has 0 bridgehead atoms. The van der Waals surface area contributed by atoms with E-state index in [2.05, 4.69) is 0 Å². The molecule has 1 aliphatic rings. The van der Waals surface area contributed by atoms with Crippen molar-refractivity contribution in [3.8, 4) is 0 Å².